The second-order valence-electron chi connectivity index (χ2n) is 14.2. The standard InChI is InChI=1S/C36H48N6O8S/c37-51(46,47)41-18-9-27(10-19-41)26-7-14-39(15-8-26)34(43)33(24-25-5-6-31-32(23-25)49-22-21-48-31)50-36(45)40-16-12-29(13-17-40)42-20-11-28-3-1-2-4-30(28)38-35(42)44/h1-6,23,26-27,29,33H,7-22,24H2,(H,38,44)(H2,37,46,47)/t33-/m1/s1. The molecule has 0 bridgehead atoms. The molecule has 0 saturated carbocycles. The minimum Gasteiger partial charge on any atom is -0.486 e. The maximum atomic E-state index is 14.1. The molecule has 0 spiro atoms. The zero-order chi connectivity index (χ0) is 35.5. The average molecular weight is 725 g/mol. The molecule has 276 valence electrons. The van der Waals surface area contributed by atoms with Crippen LogP contribution in [0.25, 0.3) is 0 Å². The lowest BCUT2D eigenvalue weighted by molar-refractivity contribution is -0.142. The lowest BCUT2D eigenvalue weighted by Gasteiger charge is -2.40. The van der Waals surface area contributed by atoms with E-state index in [4.69, 9.17) is 19.3 Å². The number of amides is 4. The number of urea groups is 1. The highest BCUT2D eigenvalue weighted by Crippen LogP contribution is 2.35. The Hall–Kier alpha value is -4.08. The number of piperidine rings is 3. The fourth-order valence-corrected chi connectivity index (χ4v) is 9.02. The average Bonchev–Trinajstić information content (AvgIpc) is 3.32. The summed E-state index contributed by atoms with van der Waals surface area (Å²) in [5, 5.41) is 8.37. The highest BCUT2D eigenvalue weighted by Gasteiger charge is 2.37. The lowest BCUT2D eigenvalue weighted by Crippen LogP contribution is -2.52. The van der Waals surface area contributed by atoms with Gasteiger partial charge in [0.15, 0.2) is 17.6 Å². The van der Waals surface area contributed by atoms with Crippen molar-refractivity contribution in [2.75, 3.05) is 64.3 Å². The maximum absolute atomic E-state index is 14.1. The molecule has 0 aromatic heterocycles. The van der Waals surface area contributed by atoms with Crippen LogP contribution in [0.15, 0.2) is 42.5 Å². The second kappa shape index (κ2) is 15.3. The molecule has 5 heterocycles. The molecule has 2 aromatic rings. The predicted molar refractivity (Wildman–Crippen MR) is 189 cm³/mol. The van der Waals surface area contributed by atoms with E-state index in [-0.39, 0.29) is 24.4 Å². The summed E-state index contributed by atoms with van der Waals surface area (Å²) < 4.78 is 42.4. The van der Waals surface area contributed by atoms with Gasteiger partial charge in [0.25, 0.3) is 16.1 Å². The number of nitrogens with two attached hydrogens (primary N) is 1. The van der Waals surface area contributed by atoms with E-state index in [1.54, 1.807) is 9.80 Å². The van der Waals surface area contributed by atoms with E-state index >= 15 is 0 Å². The fraction of sp³-hybridized carbons (Fsp3) is 0.583. The molecule has 7 rings (SSSR count). The highest BCUT2D eigenvalue weighted by atomic mass is 32.2. The van der Waals surface area contributed by atoms with Crippen LogP contribution < -0.4 is 19.9 Å². The number of benzene rings is 2. The molecule has 1 atom stereocenters. The smallest absolute Gasteiger partial charge is 0.410 e. The monoisotopic (exact) mass is 724 g/mol. The molecule has 0 unspecified atom stereocenters. The second-order valence-corrected chi connectivity index (χ2v) is 15.8. The van der Waals surface area contributed by atoms with Gasteiger partial charge in [-0.25, -0.2) is 14.7 Å². The summed E-state index contributed by atoms with van der Waals surface area (Å²) in [5.74, 6) is 1.79. The number of para-hydroxylation sites is 1. The third-order valence-electron chi connectivity index (χ3n) is 11.2. The van der Waals surface area contributed by atoms with Gasteiger partial charge in [0.2, 0.25) is 0 Å². The Morgan fingerprint density at radius 2 is 1.49 bits per heavy atom. The van der Waals surface area contributed by atoms with E-state index in [2.05, 4.69) is 5.32 Å². The van der Waals surface area contributed by atoms with E-state index in [0.29, 0.717) is 95.2 Å². The summed E-state index contributed by atoms with van der Waals surface area (Å²) in [5.41, 5.74) is 2.75. The third kappa shape index (κ3) is 8.20. The summed E-state index contributed by atoms with van der Waals surface area (Å²) >= 11 is 0. The minimum atomic E-state index is -3.68. The van der Waals surface area contributed by atoms with Crippen LogP contribution in [0.4, 0.5) is 15.3 Å². The zero-order valence-corrected chi connectivity index (χ0v) is 29.7. The SMILES string of the molecule is NS(=O)(=O)N1CCC(C2CCN(C(=O)[C@@H](Cc3ccc4c(c3)OCCO4)OC(=O)N3CCC(N4CCc5ccccc5NC4=O)CC3)CC2)CC1. The Labute approximate surface area is 299 Å². The Morgan fingerprint density at radius 1 is 0.843 bits per heavy atom. The lowest BCUT2D eigenvalue weighted by atomic mass is 9.79. The van der Waals surface area contributed by atoms with E-state index in [9.17, 15) is 22.8 Å². The number of fused-ring (bicyclic) bond motifs is 2. The molecule has 14 nitrogen and oxygen atoms in total. The van der Waals surface area contributed by atoms with Crippen LogP contribution in [-0.4, -0.2) is 117 Å². The molecule has 3 fully saturated rings. The number of ether oxygens (including phenoxy) is 3. The summed E-state index contributed by atoms with van der Waals surface area (Å²) in [6.45, 7) is 4.28. The van der Waals surface area contributed by atoms with Crippen molar-refractivity contribution in [2.45, 2.75) is 63.5 Å². The molecular formula is C36H48N6O8S. The first-order valence-corrected chi connectivity index (χ1v) is 19.7. The fourth-order valence-electron chi connectivity index (χ4n) is 8.30. The van der Waals surface area contributed by atoms with Gasteiger partial charge in [-0.1, -0.05) is 24.3 Å². The van der Waals surface area contributed by atoms with Crippen molar-refractivity contribution >= 4 is 33.9 Å². The molecule has 3 N–H and O–H groups in total. The van der Waals surface area contributed by atoms with Crippen molar-refractivity contribution in [1.29, 1.82) is 0 Å². The Bertz CT molecular complexity index is 1700. The Kier molecular flexibility index (Phi) is 10.6. The van der Waals surface area contributed by atoms with Crippen LogP contribution >= 0.6 is 0 Å². The van der Waals surface area contributed by atoms with Gasteiger partial charge in [0, 0.05) is 64.0 Å². The summed E-state index contributed by atoms with van der Waals surface area (Å²) in [7, 11) is -3.68. The van der Waals surface area contributed by atoms with E-state index in [0.717, 1.165) is 48.9 Å². The number of nitrogens with zero attached hydrogens (tertiary/aromatic N) is 4. The number of nitrogens with one attached hydrogen (secondary N) is 1. The normalized spacial score (nSPS) is 21.7. The third-order valence-corrected chi connectivity index (χ3v) is 12.3. The molecule has 5 aliphatic heterocycles. The Morgan fingerprint density at radius 3 is 2.20 bits per heavy atom. The van der Waals surface area contributed by atoms with Crippen molar-refractivity contribution in [3.63, 3.8) is 0 Å². The van der Waals surface area contributed by atoms with Gasteiger partial charge in [-0.2, -0.15) is 12.7 Å². The first-order chi connectivity index (χ1) is 24.6. The number of anilines is 1. The van der Waals surface area contributed by atoms with Gasteiger partial charge in [0.05, 0.1) is 0 Å². The van der Waals surface area contributed by atoms with E-state index in [1.165, 1.54) is 4.31 Å². The molecule has 0 radical (unpaired) electrons. The van der Waals surface area contributed by atoms with Crippen LogP contribution in [0.5, 0.6) is 11.5 Å². The quantitative estimate of drug-likeness (QED) is 0.440. The largest absolute Gasteiger partial charge is 0.486 e. The highest BCUT2D eigenvalue weighted by molar-refractivity contribution is 7.86. The number of carbonyl (C=O) groups excluding carboxylic acids is 3. The zero-order valence-electron chi connectivity index (χ0n) is 28.9. The van der Waals surface area contributed by atoms with Crippen molar-refractivity contribution < 1.29 is 37.0 Å². The predicted octanol–water partition coefficient (Wildman–Crippen LogP) is 3.21. The van der Waals surface area contributed by atoms with Gasteiger partial charge < -0.3 is 34.2 Å². The number of hydrogen-bond acceptors (Lipinski definition) is 8. The van der Waals surface area contributed by atoms with E-state index in [1.807, 2.05) is 47.4 Å². The molecular weight excluding hydrogens is 676 g/mol. The number of rotatable bonds is 7. The van der Waals surface area contributed by atoms with Crippen molar-refractivity contribution in [2.24, 2.45) is 17.0 Å². The van der Waals surface area contributed by atoms with Crippen LogP contribution in [-0.2, 0) is 32.6 Å². The number of carbonyl (C=O) groups is 3. The molecule has 15 heteroatoms. The van der Waals surface area contributed by atoms with Crippen molar-refractivity contribution in [3.05, 3.63) is 53.6 Å². The minimum absolute atomic E-state index is 0.00764. The maximum Gasteiger partial charge on any atom is 0.410 e. The van der Waals surface area contributed by atoms with Crippen LogP contribution in [0.2, 0.25) is 0 Å². The molecule has 51 heavy (non-hydrogen) atoms. The number of likely N-dealkylation sites (tertiary alicyclic amines) is 2. The number of hydrogen-bond donors (Lipinski definition) is 2. The molecule has 3 saturated heterocycles. The summed E-state index contributed by atoms with van der Waals surface area (Å²) in [6, 6.07) is 13.3. The van der Waals surface area contributed by atoms with Crippen LogP contribution in [0.3, 0.4) is 0 Å². The molecule has 2 aromatic carbocycles. The van der Waals surface area contributed by atoms with Crippen LogP contribution in [0.1, 0.15) is 49.7 Å². The molecule has 5 aliphatic rings. The van der Waals surface area contributed by atoms with Crippen LogP contribution in [0, 0.1) is 11.8 Å². The molecule has 0 aliphatic carbocycles. The topological polar surface area (TPSA) is 164 Å². The summed E-state index contributed by atoms with van der Waals surface area (Å²) in [6.07, 6.45) is 3.74. The summed E-state index contributed by atoms with van der Waals surface area (Å²) in [4.78, 5) is 46.2. The van der Waals surface area contributed by atoms with Crippen molar-refractivity contribution in [1.82, 2.24) is 19.0 Å². The van der Waals surface area contributed by atoms with Gasteiger partial charge in [-0.15, -0.1) is 0 Å². The van der Waals surface area contributed by atoms with Gasteiger partial charge in [-0.05, 0) is 86.1 Å². The first-order valence-electron chi connectivity index (χ1n) is 18.2. The van der Waals surface area contributed by atoms with Crippen molar-refractivity contribution in [3.8, 4) is 11.5 Å². The van der Waals surface area contributed by atoms with Gasteiger partial charge >= 0.3 is 12.1 Å². The Balaban J connectivity index is 0.973. The molecule has 4 amide bonds. The van der Waals surface area contributed by atoms with Gasteiger partial charge in [0.1, 0.15) is 13.2 Å². The first kappa shape index (κ1) is 35.3. The van der Waals surface area contributed by atoms with E-state index < -0.39 is 22.4 Å². The van der Waals surface area contributed by atoms with Gasteiger partial charge in [-0.3, -0.25) is 4.79 Å².